The van der Waals surface area contributed by atoms with Crippen molar-refractivity contribution < 1.29 is 17.6 Å². The van der Waals surface area contributed by atoms with Gasteiger partial charge < -0.3 is 9.32 Å². The number of anilines is 1. The second-order valence-corrected chi connectivity index (χ2v) is 9.04. The summed E-state index contributed by atoms with van der Waals surface area (Å²) in [6.45, 7) is 0.212. The molecule has 0 radical (unpaired) electrons. The number of fused-ring (bicyclic) bond motifs is 2. The topological polar surface area (TPSA) is 92.8 Å². The lowest BCUT2D eigenvalue weighted by Crippen LogP contribution is -2.35. The van der Waals surface area contributed by atoms with Crippen molar-refractivity contribution >= 4 is 32.7 Å². The van der Waals surface area contributed by atoms with Crippen molar-refractivity contribution in [2.45, 2.75) is 24.3 Å². The molecule has 0 unspecified atom stereocenters. The number of nitrogens with zero attached hydrogens (tertiary/aromatic N) is 3. The number of amides is 1. The van der Waals surface area contributed by atoms with E-state index in [9.17, 15) is 18.0 Å². The van der Waals surface area contributed by atoms with Crippen LogP contribution in [0, 0.1) is 0 Å². The second-order valence-electron chi connectivity index (χ2n) is 7.18. The van der Waals surface area contributed by atoms with Crippen LogP contribution in [0.2, 0.25) is 0 Å². The third-order valence-corrected chi connectivity index (χ3v) is 6.90. The third-order valence-electron chi connectivity index (χ3n) is 5.09. The summed E-state index contributed by atoms with van der Waals surface area (Å²) in [6.07, 6.45) is 1.56. The fraction of sp³-hybridized carbons (Fsp3) is 0.300. The van der Waals surface area contributed by atoms with Crippen molar-refractivity contribution in [3.63, 3.8) is 0 Å². The third kappa shape index (κ3) is 3.31. The highest BCUT2D eigenvalue weighted by molar-refractivity contribution is 7.92. The lowest BCUT2D eigenvalue weighted by molar-refractivity contribution is -0.129. The first-order chi connectivity index (χ1) is 13.8. The zero-order valence-corrected chi connectivity index (χ0v) is 17.0. The number of likely N-dealkylation sites (N-methyl/N-ethyl adjacent to an activating group) is 1. The fourth-order valence-electron chi connectivity index (χ4n) is 3.51. The molecule has 1 aliphatic heterocycles. The molecule has 4 rings (SSSR count). The van der Waals surface area contributed by atoms with Gasteiger partial charge in [-0.05, 0) is 36.6 Å². The summed E-state index contributed by atoms with van der Waals surface area (Å²) in [5, 5.41) is 0. The first-order valence-corrected chi connectivity index (χ1v) is 10.7. The number of sulfonamides is 1. The Morgan fingerprint density at radius 3 is 2.69 bits per heavy atom. The van der Waals surface area contributed by atoms with Gasteiger partial charge in [-0.1, -0.05) is 18.2 Å². The highest BCUT2D eigenvalue weighted by atomic mass is 32.2. The first kappa shape index (κ1) is 19.3. The Balaban J connectivity index is 1.76. The van der Waals surface area contributed by atoms with E-state index in [4.69, 9.17) is 4.42 Å². The minimum absolute atomic E-state index is 0.0431. The summed E-state index contributed by atoms with van der Waals surface area (Å²) < 4.78 is 34.4. The van der Waals surface area contributed by atoms with E-state index in [0.717, 1.165) is 18.4 Å². The van der Waals surface area contributed by atoms with Gasteiger partial charge in [-0.2, -0.15) is 0 Å². The van der Waals surface area contributed by atoms with E-state index < -0.39 is 15.8 Å². The number of aryl methyl sites for hydroxylation is 1. The maximum absolute atomic E-state index is 13.3. The van der Waals surface area contributed by atoms with Crippen LogP contribution in [0.3, 0.4) is 0 Å². The minimum Gasteiger partial charge on any atom is -0.408 e. The summed E-state index contributed by atoms with van der Waals surface area (Å²) in [5.74, 6) is -0.968. The molecule has 3 aromatic rings. The van der Waals surface area contributed by atoms with E-state index in [1.54, 1.807) is 20.2 Å². The number of aromatic nitrogens is 1. The highest BCUT2D eigenvalue weighted by Crippen LogP contribution is 2.32. The Bertz CT molecular complexity index is 1260. The van der Waals surface area contributed by atoms with Crippen molar-refractivity contribution in [2.75, 3.05) is 24.9 Å². The van der Waals surface area contributed by atoms with Gasteiger partial charge in [0.1, 0.15) is 6.54 Å². The quantitative estimate of drug-likeness (QED) is 0.648. The molecule has 0 fully saturated rings. The molecule has 1 aromatic heterocycles. The van der Waals surface area contributed by atoms with E-state index in [2.05, 4.69) is 0 Å². The van der Waals surface area contributed by atoms with Gasteiger partial charge in [-0.3, -0.25) is 13.7 Å². The van der Waals surface area contributed by atoms with Crippen molar-refractivity contribution in [1.29, 1.82) is 0 Å². The Morgan fingerprint density at radius 2 is 1.93 bits per heavy atom. The number of carbonyl (C=O) groups excluding carboxylic acids is 1. The number of oxazole rings is 1. The lowest BCUT2D eigenvalue weighted by atomic mass is 10.0. The largest absolute Gasteiger partial charge is 0.420 e. The molecule has 9 heteroatoms. The van der Waals surface area contributed by atoms with Crippen LogP contribution in [0.25, 0.3) is 11.1 Å². The Kier molecular flexibility index (Phi) is 4.70. The molecule has 29 heavy (non-hydrogen) atoms. The molecule has 2 heterocycles. The Labute approximate surface area is 168 Å². The molecule has 1 aliphatic rings. The highest BCUT2D eigenvalue weighted by Gasteiger charge is 2.29. The van der Waals surface area contributed by atoms with E-state index in [-0.39, 0.29) is 22.9 Å². The normalized spacial score (nSPS) is 14.1. The maximum Gasteiger partial charge on any atom is 0.420 e. The molecule has 1 amide bonds. The van der Waals surface area contributed by atoms with Crippen LogP contribution >= 0.6 is 0 Å². The smallest absolute Gasteiger partial charge is 0.408 e. The zero-order valence-electron chi connectivity index (χ0n) is 16.2. The lowest BCUT2D eigenvalue weighted by Gasteiger charge is -2.30. The summed E-state index contributed by atoms with van der Waals surface area (Å²) >= 11 is 0. The van der Waals surface area contributed by atoms with Gasteiger partial charge in [0, 0.05) is 26.7 Å². The summed E-state index contributed by atoms with van der Waals surface area (Å²) in [6, 6.07) is 11.7. The average Bonchev–Trinajstić information content (AvgIpc) is 3.01. The molecular formula is C20H21N3O5S. The van der Waals surface area contributed by atoms with Gasteiger partial charge in [-0.15, -0.1) is 0 Å². The maximum atomic E-state index is 13.3. The van der Waals surface area contributed by atoms with Crippen LogP contribution in [0.1, 0.15) is 12.0 Å². The number of benzene rings is 2. The van der Waals surface area contributed by atoms with E-state index >= 15 is 0 Å². The van der Waals surface area contributed by atoms with Crippen molar-refractivity contribution in [3.8, 4) is 0 Å². The number of hydrogen-bond donors (Lipinski definition) is 0. The van der Waals surface area contributed by atoms with E-state index in [1.807, 2.05) is 18.2 Å². The molecule has 0 aliphatic carbocycles. The van der Waals surface area contributed by atoms with Crippen molar-refractivity contribution in [2.24, 2.45) is 0 Å². The summed E-state index contributed by atoms with van der Waals surface area (Å²) in [7, 11) is -0.632. The standard InChI is InChI=1S/C20H21N3O5S/c1-21(2)19(24)13-22-17-10-9-15(12-18(17)28-20(22)25)29(26,27)23-11-5-7-14-6-3-4-8-16(14)23/h3-4,6,8-10,12H,5,7,11,13H2,1-2H3. The molecule has 2 aromatic carbocycles. The predicted octanol–water partition coefficient (Wildman–Crippen LogP) is 1.82. The van der Waals surface area contributed by atoms with Crippen LogP contribution in [0.15, 0.2) is 56.6 Å². The molecule has 0 bridgehead atoms. The number of hydrogen-bond acceptors (Lipinski definition) is 5. The van der Waals surface area contributed by atoms with Gasteiger partial charge >= 0.3 is 5.76 Å². The van der Waals surface area contributed by atoms with Gasteiger partial charge in [-0.25, -0.2) is 13.2 Å². The van der Waals surface area contributed by atoms with Crippen LogP contribution in [0.5, 0.6) is 0 Å². The molecule has 152 valence electrons. The summed E-state index contributed by atoms with van der Waals surface area (Å²) in [5.41, 5.74) is 2.17. The van der Waals surface area contributed by atoms with E-state index in [0.29, 0.717) is 17.7 Å². The number of rotatable bonds is 4. The van der Waals surface area contributed by atoms with Gasteiger partial charge in [0.15, 0.2) is 5.58 Å². The molecular weight excluding hydrogens is 394 g/mol. The molecule has 0 N–H and O–H groups in total. The number of para-hydroxylation sites is 1. The van der Waals surface area contributed by atoms with Gasteiger partial charge in [0.05, 0.1) is 16.1 Å². The average molecular weight is 415 g/mol. The predicted molar refractivity (Wildman–Crippen MR) is 108 cm³/mol. The van der Waals surface area contributed by atoms with Crippen LogP contribution < -0.4 is 10.1 Å². The SMILES string of the molecule is CN(C)C(=O)Cn1c(=O)oc2cc(S(=O)(=O)N3CCCc4ccccc43)ccc21. The summed E-state index contributed by atoms with van der Waals surface area (Å²) in [4.78, 5) is 25.6. The van der Waals surface area contributed by atoms with Crippen molar-refractivity contribution in [1.82, 2.24) is 9.47 Å². The van der Waals surface area contributed by atoms with Gasteiger partial charge in [0.25, 0.3) is 10.0 Å². The van der Waals surface area contributed by atoms with E-state index in [1.165, 1.54) is 32.0 Å². The fourth-order valence-corrected chi connectivity index (χ4v) is 5.07. The zero-order chi connectivity index (χ0) is 20.8. The minimum atomic E-state index is -3.82. The molecule has 8 nitrogen and oxygen atoms in total. The van der Waals surface area contributed by atoms with Crippen LogP contribution in [-0.2, 0) is 27.8 Å². The molecule has 0 saturated heterocycles. The van der Waals surface area contributed by atoms with Gasteiger partial charge in [0.2, 0.25) is 5.91 Å². The van der Waals surface area contributed by atoms with Crippen LogP contribution in [-0.4, -0.2) is 44.4 Å². The molecule has 0 spiro atoms. The number of carbonyl (C=O) groups is 1. The van der Waals surface area contributed by atoms with Crippen molar-refractivity contribution in [3.05, 3.63) is 58.6 Å². The monoisotopic (exact) mass is 415 g/mol. The molecule has 0 atom stereocenters. The Morgan fingerprint density at radius 1 is 1.17 bits per heavy atom. The van der Waals surface area contributed by atoms with Crippen LogP contribution in [0.4, 0.5) is 5.69 Å². The first-order valence-electron chi connectivity index (χ1n) is 9.23. The second kappa shape index (κ2) is 7.07. The Hall–Kier alpha value is -3.07. The molecule has 0 saturated carbocycles.